The molecule has 0 bridgehead atoms. The van der Waals surface area contributed by atoms with Gasteiger partial charge < -0.3 is 20.1 Å². The molecular formula is C22H36O5. The second-order valence-corrected chi connectivity index (χ2v) is 9.37. The minimum Gasteiger partial charge on any atom is -0.462 e. The van der Waals surface area contributed by atoms with Crippen LogP contribution in [-0.2, 0) is 9.53 Å². The third kappa shape index (κ3) is 4.30. The molecule has 0 aromatic carbocycles. The first kappa shape index (κ1) is 22.1. The maximum atomic E-state index is 10.9. The number of esters is 1. The van der Waals surface area contributed by atoms with Gasteiger partial charge in [0.1, 0.15) is 6.61 Å². The molecule has 0 saturated heterocycles. The molecule has 5 nitrogen and oxygen atoms in total. The van der Waals surface area contributed by atoms with E-state index in [9.17, 15) is 20.1 Å². The Morgan fingerprint density at radius 3 is 2.48 bits per heavy atom. The number of carbonyl (C=O) groups excluding carboxylic acids is 1. The van der Waals surface area contributed by atoms with Crippen molar-refractivity contribution in [1.29, 1.82) is 0 Å². The van der Waals surface area contributed by atoms with Crippen LogP contribution in [0, 0.1) is 22.7 Å². The van der Waals surface area contributed by atoms with E-state index in [4.69, 9.17) is 4.74 Å². The number of allylic oxidation sites excluding steroid dienone is 1. The van der Waals surface area contributed by atoms with Crippen molar-refractivity contribution in [3.63, 3.8) is 0 Å². The quantitative estimate of drug-likeness (QED) is 0.504. The van der Waals surface area contributed by atoms with Gasteiger partial charge in [0.2, 0.25) is 0 Å². The summed E-state index contributed by atoms with van der Waals surface area (Å²) in [6, 6.07) is 0. The van der Waals surface area contributed by atoms with Gasteiger partial charge in [0.25, 0.3) is 0 Å². The highest BCUT2D eigenvalue weighted by Crippen LogP contribution is 2.61. The van der Waals surface area contributed by atoms with Crippen molar-refractivity contribution in [3.8, 4) is 0 Å². The summed E-state index contributed by atoms with van der Waals surface area (Å²) in [6.45, 7) is 14.0. The SMILES string of the molecule is C=C1C(O)CC2C(C)(C)C(O)C(O)CC2(C)C1CCC(C)=CCOC(C)=O. The number of fused-ring (bicyclic) bond motifs is 1. The molecule has 0 radical (unpaired) electrons. The Morgan fingerprint density at radius 1 is 1.26 bits per heavy atom. The molecule has 3 N–H and O–H groups in total. The fourth-order valence-electron chi connectivity index (χ4n) is 5.54. The Kier molecular flexibility index (Phi) is 6.60. The molecule has 0 amide bonds. The zero-order valence-corrected chi connectivity index (χ0v) is 17.4. The summed E-state index contributed by atoms with van der Waals surface area (Å²) in [5.41, 5.74) is 1.25. The molecule has 0 aromatic heterocycles. The summed E-state index contributed by atoms with van der Waals surface area (Å²) in [5.74, 6) is -0.140. The van der Waals surface area contributed by atoms with E-state index in [1.54, 1.807) is 0 Å². The Balaban J connectivity index is 2.20. The second kappa shape index (κ2) is 8.06. The highest BCUT2D eigenvalue weighted by atomic mass is 16.5. The molecule has 2 fully saturated rings. The van der Waals surface area contributed by atoms with Crippen LogP contribution in [0.1, 0.15) is 60.3 Å². The van der Waals surface area contributed by atoms with Crippen LogP contribution in [0.4, 0.5) is 0 Å². The summed E-state index contributed by atoms with van der Waals surface area (Å²) < 4.78 is 4.97. The summed E-state index contributed by atoms with van der Waals surface area (Å²) >= 11 is 0. The molecule has 0 aromatic rings. The fourth-order valence-corrected chi connectivity index (χ4v) is 5.54. The van der Waals surface area contributed by atoms with Crippen LogP contribution in [0.3, 0.4) is 0 Å². The second-order valence-electron chi connectivity index (χ2n) is 9.37. The molecule has 2 aliphatic rings. The third-order valence-electron chi connectivity index (χ3n) is 7.15. The fraction of sp³-hybridized carbons (Fsp3) is 0.773. The Morgan fingerprint density at radius 2 is 1.89 bits per heavy atom. The summed E-state index contributed by atoms with van der Waals surface area (Å²) in [6.07, 6.45) is 2.46. The molecule has 2 aliphatic carbocycles. The normalized spacial score (nSPS) is 39.0. The first-order valence-electron chi connectivity index (χ1n) is 9.93. The van der Waals surface area contributed by atoms with Crippen LogP contribution >= 0.6 is 0 Å². The van der Waals surface area contributed by atoms with Crippen LogP contribution in [0.2, 0.25) is 0 Å². The topological polar surface area (TPSA) is 87.0 Å². The van der Waals surface area contributed by atoms with Crippen molar-refractivity contribution in [3.05, 3.63) is 23.8 Å². The number of hydrogen-bond acceptors (Lipinski definition) is 5. The smallest absolute Gasteiger partial charge is 0.302 e. The maximum absolute atomic E-state index is 10.9. The van der Waals surface area contributed by atoms with E-state index in [2.05, 4.69) is 13.5 Å². The van der Waals surface area contributed by atoms with Gasteiger partial charge >= 0.3 is 5.97 Å². The number of aliphatic hydroxyl groups is 3. The lowest BCUT2D eigenvalue weighted by molar-refractivity contribution is -0.189. The molecule has 27 heavy (non-hydrogen) atoms. The predicted molar refractivity (Wildman–Crippen MR) is 105 cm³/mol. The highest BCUT2D eigenvalue weighted by molar-refractivity contribution is 5.66. The summed E-state index contributed by atoms with van der Waals surface area (Å²) in [4.78, 5) is 10.9. The van der Waals surface area contributed by atoms with Crippen molar-refractivity contribution >= 4 is 5.97 Å². The van der Waals surface area contributed by atoms with Gasteiger partial charge in [-0.3, -0.25) is 4.79 Å². The molecular weight excluding hydrogens is 344 g/mol. The lowest BCUT2D eigenvalue weighted by Crippen LogP contribution is -2.61. The van der Waals surface area contributed by atoms with Gasteiger partial charge in [-0.1, -0.05) is 32.9 Å². The molecule has 6 atom stereocenters. The van der Waals surface area contributed by atoms with Gasteiger partial charge in [-0.15, -0.1) is 0 Å². The number of hydrogen-bond donors (Lipinski definition) is 3. The van der Waals surface area contributed by atoms with Crippen molar-refractivity contribution < 1.29 is 24.9 Å². The van der Waals surface area contributed by atoms with Crippen LogP contribution in [0.25, 0.3) is 0 Å². The molecule has 6 unspecified atom stereocenters. The van der Waals surface area contributed by atoms with Crippen molar-refractivity contribution in [2.75, 3.05) is 6.61 Å². The minimum absolute atomic E-state index is 0.0600. The molecule has 0 heterocycles. The summed E-state index contributed by atoms with van der Waals surface area (Å²) in [5, 5.41) is 31.7. The van der Waals surface area contributed by atoms with Gasteiger partial charge in [0.15, 0.2) is 0 Å². The van der Waals surface area contributed by atoms with Gasteiger partial charge in [-0.05, 0) is 66.9 Å². The molecule has 5 heteroatoms. The third-order valence-corrected chi connectivity index (χ3v) is 7.15. The van der Waals surface area contributed by atoms with Gasteiger partial charge in [-0.25, -0.2) is 0 Å². The average molecular weight is 381 g/mol. The number of carbonyl (C=O) groups is 1. The molecule has 2 saturated carbocycles. The number of ether oxygens (including phenoxy) is 1. The van der Waals surface area contributed by atoms with Gasteiger partial charge in [0, 0.05) is 6.92 Å². The standard InChI is InChI=1S/C22H36O5/c1-13(9-10-27-15(3)23)7-8-16-14(2)17(24)11-19-21(4,5)20(26)18(25)12-22(16,19)6/h9,16-20,24-26H,2,7-8,10-12H2,1,3-6H3. The monoisotopic (exact) mass is 380 g/mol. The zero-order chi connectivity index (χ0) is 20.6. The Labute approximate surface area is 163 Å². The van der Waals surface area contributed by atoms with E-state index < -0.39 is 23.7 Å². The number of rotatable bonds is 5. The van der Waals surface area contributed by atoms with E-state index in [1.807, 2.05) is 26.8 Å². The predicted octanol–water partition coefficient (Wildman–Crippen LogP) is 2.99. The minimum atomic E-state index is -0.792. The van der Waals surface area contributed by atoms with E-state index >= 15 is 0 Å². The molecule has 0 aliphatic heterocycles. The molecule has 154 valence electrons. The lowest BCUT2D eigenvalue weighted by Gasteiger charge is -2.61. The first-order valence-corrected chi connectivity index (χ1v) is 9.93. The maximum Gasteiger partial charge on any atom is 0.302 e. The van der Waals surface area contributed by atoms with E-state index in [-0.39, 0.29) is 29.8 Å². The molecule has 0 spiro atoms. The molecule has 2 rings (SSSR count). The van der Waals surface area contributed by atoms with Crippen molar-refractivity contribution in [1.82, 2.24) is 0 Å². The van der Waals surface area contributed by atoms with E-state index in [1.165, 1.54) is 6.92 Å². The first-order chi connectivity index (χ1) is 12.4. The van der Waals surface area contributed by atoms with Crippen LogP contribution in [0.5, 0.6) is 0 Å². The van der Waals surface area contributed by atoms with Crippen molar-refractivity contribution in [2.45, 2.75) is 78.6 Å². The van der Waals surface area contributed by atoms with Gasteiger partial charge in [0.05, 0.1) is 18.3 Å². The van der Waals surface area contributed by atoms with Crippen LogP contribution in [0.15, 0.2) is 23.8 Å². The number of aliphatic hydroxyl groups excluding tert-OH is 3. The largest absolute Gasteiger partial charge is 0.462 e. The van der Waals surface area contributed by atoms with Gasteiger partial charge in [-0.2, -0.15) is 0 Å². The van der Waals surface area contributed by atoms with Crippen molar-refractivity contribution in [2.24, 2.45) is 22.7 Å². The highest BCUT2D eigenvalue weighted by Gasteiger charge is 2.60. The Hall–Kier alpha value is -1.17. The average Bonchev–Trinajstić information content (AvgIpc) is 2.55. The van der Waals surface area contributed by atoms with Crippen LogP contribution < -0.4 is 0 Å². The Bertz CT molecular complexity index is 608. The zero-order valence-electron chi connectivity index (χ0n) is 17.4. The van der Waals surface area contributed by atoms with Crippen LogP contribution in [-0.4, -0.2) is 46.2 Å². The summed E-state index contributed by atoms with van der Waals surface area (Å²) in [7, 11) is 0. The van der Waals surface area contributed by atoms with E-state index in [0.717, 1.165) is 24.0 Å². The van der Waals surface area contributed by atoms with E-state index in [0.29, 0.717) is 12.8 Å². The lowest BCUT2D eigenvalue weighted by atomic mass is 9.45.